The molecule has 0 aliphatic heterocycles. The van der Waals surface area contributed by atoms with Gasteiger partial charge in [-0.15, -0.1) is 0 Å². The first kappa shape index (κ1) is 16.1. The number of ether oxygens (including phenoxy) is 1. The van der Waals surface area contributed by atoms with Gasteiger partial charge in [0.05, 0.1) is 12.2 Å². The Labute approximate surface area is 132 Å². The van der Waals surface area contributed by atoms with Crippen molar-refractivity contribution in [1.82, 2.24) is 9.97 Å². The number of aromatic amines is 1. The number of aromatic nitrogens is 2. The molecular formula is C15H17N3O3S. The monoisotopic (exact) mass is 319 g/mol. The lowest BCUT2D eigenvalue weighted by atomic mass is 10.1. The zero-order valence-corrected chi connectivity index (χ0v) is 13.0. The fourth-order valence-corrected chi connectivity index (χ4v) is 2.53. The van der Waals surface area contributed by atoms with Gasteiger partial charge in [-0.3, -0.25) is 4.79 Å². The van der Waals surface area contributed by atoms with Crippen LogP contribution in [0, 0.1) is 0 Å². The zero-order valence-electron chi connectivity index (χ0n) is 12.2. The smallest absolute Gasteiger partial charge is 0.338 e. The molecule has 0 aliphatic carbocycles. The molecule has 0 spiro atoms. The van der Waals surface area contributed by atoms with E-state index in [0.717, 1.165) is 12.0 Å². The van der Waals surface area contributed by atoms with E-state index in [9.17, 15) is 9.59 Å². The van der Waals surface area contributed by atoms with Crippen LogP contribution < -0.4 is 11.3 Å². The molecule has 6 nitrogen and oxygen atoms in total. The van der Waals surface area contributed by atoms with Crippen LogP contribution in [0.2, 0.25) is 0 Å². The molecule has 0 radical (unpaired) electrons. The van der Waals surface area contributed by atoms with Crippen molar-refractivity contribution >= 4 is 23.5 Å². The molecule has 0 atom stereocenters. The average molecular weight is 319 g/mol. The second-order valence-corrected chi connectivity index (χ2v) is 5.56. The van der Waals surface area contributed by atoms with Crippen molar-refractivity contribution in [3.63, 3.8) is 0 Å². The summed E-state index contributed by atoms with van der Waals surface area (Å²) in [5, 5.41) is 0.469. The highest BCUT2D eigenvalue weighted by molar-refractivity contribution is 7.98. The Morgan fingerprint density at radius 3 is 2.73 bits per heavy atom. The number of hydrogen-bond acceptors (Lipinski definition) is 6. The molecule has 0 saturated heterocycles. The number of carbonyl (C=O) groups excluding carboxylic acids is 1. The minimum atomic E-state index is -0.317. The van der Waals surface area contributed by atoms with Gasteiger partial charge in [0.25, 0.3) is 5.56 Å². The van der Waals surface area contributed by atoms with Crippen LogP contribution in [0.5, 0.6) is 0 Å². The molecule has 22 heavy (non-hydrogen) atoms. The lowest BCUT2D eigenvalue weighted by molar-refractivity contribution is 0.0505. The number of nitrogens with one attached hydrogen (secondary N) is 1. The number of carbonyl (C=O) groups is 1. The Kier molecular flexibility index (Phi) is 5.60. The molecule has 0 bridgehead atoms. The summed E-state index contributed by atoms with van der Waals surface area (Å²) in [6.45, 7) is 2.37. The minimum Gasteiger partial charge on any atom is -0.462 e. The Bertz CT molecular complexity index is 698. The molecule has 2 rings (SSSR count). The summed E-state index contributed by atoms with van der Waals surface area (Å²) in [6, 6.07) is 8.38. The van der Waals surface area contributed by atoms with E-state index in [0.29, 0.717) is 23.1 Å². The summed E-state index contributed by atoms with van der Waals surface area (Å²) in [4.78, 5) is 29.6. The molecule has 0 amide bonds. The quantitative estimate of drug-likeness (QED) is 0.481. The van der Waals surface area contributed by atoms with E-state index in [4.69, 9.17) is 10.5 Å². The normalized spacial score (nSPS) is 10.4. The molecule has 1 heterocycles. The summed E-state index contributed by atoms with van der Waals surface area (Å²) in [5.74, 6) is 0.486. The molecule has 0 aliphatic rings. The number of esters is 1. The lowest BCUT2D eigenvalue weighted by Crippen LogP contribution is -2.09. The summed E-state index contributed by atoms with van der Waals surface area (Å²) in [7, 11) is 0. The van der Waals surface area contributed by atoms with Crippen LogP contribution in [-0.2, 0) is 10.5 Å². The van der Waals surface area contributed by atoms with Crippen LogP contribution in [0.3, 0.4) is 0 Å². The SMILES string of the molecule is CCCOC(=O)c1ccc(CSc2nc(N)cc(=O)[nH]2)cc1. The van der Waals surface area contributed by atoms with Gasteiger partial charge in [0.1, 0.15) is 5.82 Å². The molecule has 0 fully saturated rings. The van der Waals surface area contributed by atoms with Crippen molar-refractivity contribution in [2.24, 2.45) is 0 Å². The number of anilines is 1. The molecular weight excluding hydrogens is 302 g/mol. The van der Waals surface area contributed by atoms with Crippen LogP contribution in [0.4, 0.5) is 5.82 Å². The van der Waals surface area contributed by atoms with Gasteiger partial charge < -0.3 is 15.5 Å². The first-order valence-electron chi connectivity index (χ1n) is 6.84. The standard InChI is InChI=1S/C15H17N3O3S/c1-2-7-21-14(20)11-5-3-10(4-6-11)9-22-15-17-12(16)8-13(19)18-15/h3-6,8H,2,7,9H2,1H3,(H3,16,17,18,19). The Hall–Kier alpha value is -2.28. The highest BCUT2D eigenvalue weighted by Gasteiger charge is 2.07. The van der Waals surface area contributed by atoms with Crippen molar-refractivity contribution in [3.8, 4) is 0 Å². The molecule has 0 saturated carbocycles. The molecule has 1 aromatic heterocycles. The number of nitrogen functional groups attached to an aromatic ring is 1. The molecule has 7 heteroatoms. The van der Waals surface area contributed by atoms with E-state index in [1.165, 1.54) is 17.8 Å². The molecule has 0 unspecified atom stereocenters. The Balaban J connectivity index is 1.96. The van der Waals surface area contributed by atoms with Gasteiger partial charge in [0, 0.05) is 11.8 Å². The van der Waals surface area contributed by atoms with E-state index in [2.05, 4.69) is 9.97 Å². The zero-order chi connectivity index (χ0) is 15.9. The summed E-state index contributed by atoms with van der Waals surface area (Å²) < 4.78 is 5.06. The van der Waals surface area contributed by atoms with Gasteiger partial charge in [-0.2, -0.15) is 0 Å². The largest absolute Gasteiger partial charge is 0.462 e. The highest BCUT2D eigenvalue weighted by Crippen LogP contribution is 2.19. The number of H-pyrrole nitrogens is 1. The highest BCUT2D eigenvalue weighted by atomic mass is 32.2. The second-order valence-electron chi connectivity index (χ2n) is 4.60. The average Bonchev–Trinajstić information content (AvgIpc) is 2.50. The van der Waals surface area contributed by atoms with Crippen molar-refractivity contribution < 1.29 is 9.53 Å². The van der Waals surface area contributed by atoms with Gasteiger partial charge >= 0.3 is 5.97 Å². The van der Waals surface area contributed by atoms with Crippen molar-refractivity contribution in [2.45, 2.75) is 24.3 Å². The lowest BCUT2D eigenvalue weighted by Gasteiger charge is -2.05. The number of thioether (sulfide) groups is 1. The van der Waals surface area contributed by atoms with Crippen molar-refractivity contribution in [2.75, 3.05) is 12.3 Å². The van der Waals surface area contributed by atoms with Crippen molar-refractivity contribution in [3.05, 3.63) is 51.8 Å². The van der Waals surface area contributed by atoms with Gasteiger partial charge in [0.15, 0.2) is 5.16 Å². The Morgan fingerprint density at radius 2 is 2.09 bits per heavy atom. The van der Waals surface area contributed by atoms with E-state index < -0.39 is 0 Å². The maximum absolute atomic E-state index is 11.7. The number of nitrogens with two attached hydrogens (primary N) is 1. The van der Waals surface area contributed by atoms with Crippen molar-refractivity contribution in [1.29, 1.82) is 0 Å². The topological polar surface area (TPSA) is 98.1 Å². The number of rotatable bonds is 6. The fourth-order valence-electron chi connectivity index (χ4n) is 1.69. The second kappa shape index (κ2) is 7.65. The van der Waals surface area contributed by atoms with Crippen LogP contribution >= 0.6 is 11.8 Å². The summed E-state index contributed by atoms with van der Waals surface area (Å²) in [5.41, 5.74) is 6.78. The number of benzene rings is 1. The van der Waals surface area contributed by atoms with Gasteiger partial charge in [0.2, 0.25) is 0 Å². The van der Waals surface area contributed by atoms with Gasteiger partial charge in [-0.25, -0.2) is 9.78 Å². The predicted molar refractivity (Wildman–Crippen MR) is 85.8 cm³/mol. The van der Waals surface area contributed by atoms with Gasteiger partial charge in [-0.1, -0.05) is 30.8 Å². The van der Waals surface area contributed by atoms with E-state index in [1.807, 2.05) is 19.1 Å². The molecule has 116 valence electrons. The molecule has 2 aromatic rings. The van der Waals surface area contributed by atoms with E-state index >= 15 is 0 Å². The minimum absolute atomic E-state index is 0.195. The first-order chi connectivity index (χ1) is 10.6. The third-order valence-electron chi connectivity index (χ3n) is 2.74. The predicted octanol–water partition coefficient (Wildman–Crippen LogP) is 2.21. The van der Waals surface area contributed by atoms with E-state index in [1.54, 1.807) is 12.1 Å². The Morgan fingerprint density at radius 1 is 1.36 bits per heavy atom. The summed E-state index contributed by atoms with van der Waals surface area (Å²) >= 11 is 1.37. The maximum Gasteiger partial charge on any atom is 0.338 e. The number of hydrogen-bond donors (Lipinski definition) is 2. The van der Waals surface area contributed by atoms with Gasteiger partial charge in [-0.05, 0) is 24.1 Å². The summed E-state index contributed by atoms with van der Waals surface area (Å²) in [6.07, 6.45) is 0.797. The third kappa shape index (κ3) is 4.63. The van der Waals surface area contributed by atoms with E-state index in [-0.39, 0.29) is 17.3 Å². The molecule has 3 N–H and O–H groups in total. The van der Waals surface area contributed by atoms with Crippen LogP contribution in [0.1, 0.15) is 29.3 Å². The van der Waals surface area contributed by atoms with Crippen LogP contribution in [0.15, 0.2) is 40.3 Å². The van der Waals surface area contributed by atoms with Crippen LogP contribution in [-0.4, -0.2) is 22.5 Å². The maximum atomic E-state index is 11.7. The van der Waals surface area contributed by atoms with Crippen LogP contribution in [0.25, 0.3) is 0 Å². The number of nitrogens with zero attached hydrogens (tertiary/aromatic N) is 1. The first-order valence-corrected chi connectivity index (χ1v) is 7.82. The molecule has 1 aromatic carbocycles. The fraction of sp³-hybridized carbons (Fsp3) is 0.267. The third-order valence-corrected chi connectivity index (χ3v) is 3.69.